The van der Waals surface area contributed by atoms with E-state index in [-0.39, 0.29) is 22.5 Å². The van der Waals surface area contributed by atoms with Gasteiger partial charge in [0, 0.05) is 10.0 Å². The van der Waals surface area contributed by atoms with E-state index >= 15 is 0 Å². The van der Waals surface area contributed by atoms with Crippen molar-refractivity contribution in [1.82, 2.24) is 0 Å². The van der Waals surface area contributed by atoms with Crippen LogP contribution >= 0.6 is 23.2 Å². The lowest BCUT2D eigenvalue weighted by atomic mass is 9.91. The number of carbonyl (C=O) groups excluding carboxylic acids is 1. The highest BCUT2D eigenvalue weighted by molar-refractivity contribution is 7.92. The fourth-order valence-electron chi connectivity index (χ4n) is 4.51. The van der Waals surface area contributed by atoms with Gasteiger partial charge in [0.1, 0.15) is 0 Å². The van der Waals surface area contributed by atoms with E-state index in [0.29, 0.717) is 32.3 Å². The molecule has 12 nitrogen and oxygen atoms in total. The van der Waals surface area contributed by atoms with Crippen LogP contribution in [0.3, 0.4) is 0 Å². The molecule has 0 aliphatic heterocycles. The molecule has 4 rings (SSSR count). The molecule has 0 heterocycles. The zero-order chi connectivity index (χ0) is 36.5. The summed E-state index contributed by atoms with van der Waals surface area (Å²) in [6, 6.07) is 26.3. The second-order valence-electron chi connectivity index (χ2n) is 10.4. The van der Waals surface area contributed by atoms with Gasteiger partial charge in [-0.2, -0.15) is 10.5 Å². The number of halogens is 2. The normalized spacial score (nSPS) is 12.1. The highest BCUT2D eigenvalue weighted by Crippen LogP contribution is 2.30. The Morgan fingerprint density at radius 3 is 1.35 bits per heavy atom. The lowest BCUT2D eigenvalue weighted by Gasteiger charge is -2.14. The lowest BCUT2D eigenvalue weighted by molar-refractivity contribution is 0.0600. The standard InChI is InChI=1S/C17H15ClN2O4S.C16H13ClN2O4S/c1-24-17(21)14-9-12(5-8-16(14)20-25(2,22)23)15(10-19)11-3-6-13(18)7-4-11;1-24(22,23)19-15-7-4-11(8-13(15)16(20)21)14(9-18)10-2-5-12(17)6-3-10/h3-9,15,20H,1-2H3;2-8,14,19H,1H3,(H,20,21). The van der Waals surface area contributed by atoms with Crippen LogP contribution in [-0.4, -0.2) is 53.5 Å². The minimum atomic E-state index is -3.62. The number of nitrogens with zero attached hydrogens (tertiary/aromatic N) is 2. The van der Waals surface area contributed by atoms with Crippen LogP contribution < -0.4 is 9.44 Å². The van der Waals surface area contributed by atoms with Crippen molar-refractivity contribution in [3.63, 3.8) is 0 Å². The van der Waals surface area contributed by atoms with Crippen LogP contribution in [0.1, 0.15) is 54.8 Å². The monoisotopic (exact) mass is 742 g/mol. The van der Waals surface area contributed by atoms with Crippen molar-refractivity contribution in [3.8, 4) is 12.1 Å². The molecule has 4 aromatic rings. The number of carboxylic acid groups (broad SMARTS) is 1. The van der Waals surface area contributed by atoms with E-state index < -0.39 is 43.8 Å². The van der Waals surface area contributed by atoms with Gasteiger partial charge >= 0.3 is 11.9 Å². The van der Waals surface area contributed by atoms with Gasteiger partial charge in [-0.3, -0.25) is 9.44 Å². The molecule has 49 heavy (non-hydrogen) atoms. The van der Waals surface area contributed by atoms with Crippen molar-refractivity contribution in [2.24, 2.45) is 0 Å². The van der Waals surface area contributed by atoms with Gasteiger partial charge in [0.05, 0.1) is 66.1 Å². The van der Waals surface area contributed by atoms with Crippen molar-refractivity contribution in [2.75, 3.05) is 29.1 Å². The van der Waals surface area contributed by atoms with Crippen LogP contribution in [0.25, 0.3) is 0 Å². The van der Waals surface area contributed by atoms with E-state index in [2.05, 4.69) is 21.6 Å². The van der Waals surface area contributed by atoms with E-state index in [9.17, 15) is 42.1 Å². The Bertz CT molecular complexity index is 2160. The Morgan fingerprint density at radius 1 is 0.673 bits per heavy atom. The summed E-state index contributed by atoms with van der Waals surface area (Å²) in [5.74, 6) is -3.35. The molecule has 0 aromatic heterocycles. The lowest BCUT2D eigenvalue weighted by Crippen LogP contribution is -2.14. The highest BCUT2D eigenvalue weighted by Gasteiger charge is 2.21. The van der Waals surface area contributed by atoms with Crippen molar-refractivity contribution >= 4 is 66.6 Å². The van der Waals surface area contributed by atoms with Crippen LogP contribution in [0.2, 0.25) is 10.0 Å². The molecule has 3 N–H and O–H groups in total. The minimum Gasteiger partial charge on any atom is -0.478 e. The van der Waals surface area contributed by atoms with Gasteiger partial charge in [0.2, 0.25) is 20.0 Å². The molecule has 0 aliphatic rings. The number of rotatable bonds is 10. The molecule has 0 bridgehead atoms. The molecule has 0 amide bonds. The predicted octanol–water partition coefficient (Wildman–Crippen LogP) is 6.22. The first-order valence-electron chi connectivity index (χ1n) is 13.8. The van der Waals surface area contributed by atoms with E-state index in [4.69, 9.17) is 27.9 Å². The summed E-state index contributed by atoms with van der Waals surface area (Å²) in [5, 5.41) is 29.4. The number of carbonyl (C=O) groups is 2. The second kappa shape index (κ2) is 16.3. The van der Waals surface area contributed by atoms with Gasteiger partial charge in [0.15, 0.2) is 0 Å². The number of benzene rings is 4. The third-order valence-electron chi connectivity index (χ3n) is 6.65. The summed E-state index contributed by atoms with van der Waals surface area (Å²) in [7, 11) is -6.00. The van der Waals surface area contributed by atoms with Crippen molar-refractivity contribution < 1.29 is 36.3 Å². The molecule has 2 atom stereocenters. The number of esters is 1. The number of sulfonamides is 2. The fraction of sp³-hybridized carbons (Fsp3) is 0.152. The Balaban J connectivity index is 0.000000266. The number of hydrogen-bond donors (Lipinski definition) is 3. The van der Waals surface area contributed by atoms with Gasteiger partial charge in [-0.25, -0.2) is 26.4 Å². The van der Waals surface area contributed by atoms with Crippen molar-refractivity contribution in [3.05, 3.63) is 128 Å². The maximum absolute atomic E-state index is 12.0. The van der Waals surface area contributed by atoms with Gasteiger partial charge in [-0.1, -0.05) is 59.6 Å². The number of ether oxygens (including phenoxy) is 1. The molecule has 0 saturated heterocycles. The van der Waals surface area contributed by atoms with Gasteiger partial charge in [-0.05, 0) is 70.8 Å². The summed E-state index contributed by atoms with van der Waals surface area (Å²) in [6.45, 7) is 0. The Morgan fingerprint density at radius 2 is 1.02 bits per heavy atom. The molecule has 0 radical (unpaired) electrons. The van der Waals surface area contributed by atoms with E-state index in [1.165, 1.54) is 37.4 Å². The summed E-state index contributed by atoms with van der Waals surface area (Å²) in [4.78, 5) is 23.4. The fourth-order valence-corrected chi connectivity index (χ4v) is 5.92. The molecule has 254 valence electrons. The minimum absolute atomic E-state index is 0.0274. The molecule has 0 aliphatic carbocycles. The molecule has 0 fully saturated rings. The maximum Gasteiger partial charge on any atom is 0.340 e. The zero-order valence-corrected chi connectivity index (χ0v) is 29.2. The smallest absolute Gasteiger partial charge is 0.340 e. The third-order valence-corrected chi connectivity index (χ3v) is 8.33. The van der Waals surface area contributed by atoms with Crippen LogP contribution in [0.15, 0.2) is 84.9 Å². The average molecular weight is 744 g/mol. The quantitative estimate of drug-likeness (QED) is 0.157. The van der Waals surface area contributed by atoms with E-state index in [0.717, 1.165) is 12.5 Å². The summed E-state index contributed by atoms with van der Waals surface area (Å²) in [6.07, 6.45) is 1.91. The first-order chi connectivity index (χ1) is 23.0. The number of nitriles is 2. The summed E-state index contributed by atoms with van der Waals surface area (Å²) < 4.78 is 54.7. The molecular weight excluding hydrogens is 715 g/mol. The van der Waals surface area contributed by atoms with Crippen molar-refractivity contribution in [1.29, 1.82) is 10.5 Å². The summed E-state index contributed by atoms with van der Waals surface area (Å²) in [5.41, 5.74) is 2.16. The zero-order valence-electron chi connectivity index (χ0n) is 26.0. The molecule has 4 aromatic carbocycles. The van der Waals surface area contributed by atoms with Crippen LogP contribution in [0.5, 0.6) is 0 Å². The predicted molar refractivity (Wildman–Crippen MR) is 186 cm³/mol. The van der Waals surface area contributed by atoms with Crippen LogP contribution in [0, 0.1) is 22.7 Å². The number of methoxy groups -OCH3 is 1. The van der Waals surface area contributed by atoms with Gasteiger partial charge in [-0.15, -0.1) is 0 Å². The maximum atomic E-state index is 12.0. The molecule has 2 unspecified atom stereocenters. The first-order valence-corrected chi connectivity index (χ1v) is 18.4. The Labute approximate surface area is 293 Å². The first kappa shape index (κ1) is 38.3. The topological polar surface area (TPSA) is 204 Å². The summed E-state index contributed by atoms with van der Waals surface area (Å²) >= 11 is 11.7. The molecule has 0 saturated carbocycles. The molecule has 0 spiro atoms. The number of hydrogen-bond acceptors (Lipinski definition) is 9. The number of anilines is 2. The second-order valence-corrected chi connectivity index (χ2v) is 14.8. The Kier molecular flexibility index (Phi) is 12.8. The van der Waals surface area contributed by atoms with E-state index in [1.54, 1.807) is 54.6 Å². The van der Waals surface area contributed by atoms with Crippen molar-refractivity contribution in [2.45, 2.75) is 11.8 Å². The largest absolute Gasteiger partial charge is 0.478 e. The van der Waals surface area contributed by atoms with Crippen LogP contribution in [0.4, 0.5) is 11.4 Å². The van der Waals surface area contributed by atoms with Gasteiger partial charge in [0.25, 0.3) is 0 Å². The molecule has 16 heteroatoms. The number of carboxylic acids is 1. The Hall–Kier alpha value is -5.12. The molecular formula is C33H28Cl2N4O8S2. The van der Waals surface area contributed by atoms with E-state index in [1.807, 2.05) is 0 Å². The third kappa shape index (κ3) is 11.0. The van der Waals surface area contributed by atoms with Crippen LogP contribution in [-0.2, 0) is 24.8 Å². The number of nitrogens with one attached hydrogen (secondary N) is 2. The number of aromatic carboxylic acids is 1. The SMILES string of the molecule is COC(=O)c1cc(C(C#N)c2ccc(Cl)cc2)ccc1NS(C)(=O)=O.CS(=O)(=O)Nc1ccc(C(C#N)c2ccc(Cl)cc2)cc1C(=O)O. The van der Waals surface area contributed by atoms with Gasteiger partial charge < -0.3 is 9.84 Å². The average Bonchev–Trinajstić information content (AvgIpc) is 3.03. The highest BCUT2D eigenvalue weighted by atomic mass is 35.5.